The van der Waals surface area contributed by atoms with Crippen LogP contribution < -0.4 is 5.73 Å². The maximum atomic E-state index is 11.4. The van der Waals surface area contributed by atoms with Gasteiger partial charge in [0.1, 0.15) is 0 Å². The molecular weight excluding hydrogens is 210 g/mol. The molecular formula is C15H23NO. The van der Waals surface area contributed by atoms with Gasteiger partial charge >= 0.3 is 0 Å². The van der Waals surface area contributed by atoms with E-state index < -0.39 is 0 Å². The van der Waals surface area contributed by atoms with E-state index in [1.165, 1.54) is 0 Å². The summed E-state index contributed by atoms with van der Waals surface area (Å²) in [4.78, 5) is 11.4. The van der Waals surface area contributed by atoms with Gasteiger partial charge in [0.25, 0.3) is 0 Å². The van der Waals surface area contributed by atoms with Gasteiger partial charge in [0, 0.05) is 5.56 Å². The molecule has 1 aromatic carbocycles. The van der Waals surface area contributed by atoms with Crippen LogP contribution in [0.15, 0.2) is 18.2 Å². The third-order valence-corrected chi connectivity index (χ3v) is 2.50. The van der Waals surface area contributed by atoms with Crippen LogP contribution in [0, 0.1) is 6.92 Å². The first-order valence-electron chi connectivity index (χ1n) is 6.16. The van der Waals surface area contributed by atoms with Crippen LogP contribution >= 0.6 is 0 Å². The molecule has 0 saturated heterocycles. The number of hydrogen-bond donors (Lipinski definition) is 1. The van der Waals surface area contributed by atoms with E-state index in [4.69, 9.17) is 5.73 Å². The van der Waals surface area contributed by atoms with Gasteiger partial charge in [-0.05, 0) is 37.0 Å². The molecule has 0 saturated carbocycles. The van der Waals surface area contributed by atoms with Gasteiger partial charge in [-0.1, -0.05) is 45.1 Å². The van der Waals surface area contributed by atoms with Crippen molar-refractivity contribution in [1.29, 1.82) is 0 Å². The summed E-state index contributed by atoms with van der Waals surface area (Å²) in [5.74, 6) is -0.351. The first-order chi connectivity index (χ1) is 8.11. The molecule has 1 aromatic rings. The van der Waals surface area contributed by atoms with Crippen molar-refractivity contribution in [1.82, 2.24) is 0 Å². The number of primary amides is 1. The van der Waals surface area contributed by atoms with E-state index in [1.54, 1.807) is 0 Å². The molecule has 2 nitrogen and oxygen atoms in total. The Bertz CT molecular complexity index is 406. The van der Waals surface area contributed by atoms with E-state index in [2.05, 4.69) is 13.0 Å². The highest BCUT2D eigenvalue weighted by atomic mass is 16.1. The second-order valence-corrected chi connectivity index (χ2v) is 3.55. The Morgan fingerprint density at radius 2 is 1.94 bits per heavy atom. The van der Waals surface area contributed by atoms with Gasteiger partial charge in [0.2, 0.25) is 5.91 Å². The van der Waals surface area contributed by atoms with E-state index in [0.717, 1.165) is 23.1 Å². The van der Waals surface area contributed by atoms with Crippen LogP contribution in [0.1, 0.15) is 54.7 Å². The van der Waals surface area contributed by atoms with Crippen molar-refractivity contribution in [3.8, 4) is 0 Å². The molecule has 0 aliphatic rings. The number of amides is 1. The number of rotatable bonds is 3. The van der Waals surface area contributed by atoms with Gasteiger partial charge in [0.05, 0.1) is 0 Å². The summed E-state index contributed by atoms with van der Waals surface area (Å²) in [5.41, 5.74) is 9.11. The molecule has 0 aromatic heterocycles. The average molecular weight is 233 g/mol. The Hall–Kier alpha value is -1.57. The Kier molecular flexibility index (Phi) is 6.95. The number of nitrogens with two attached hydrogens (primary N) is 1. The fourth-order valence-electron chi connectivity index (χ4n) is 1.76. The van der Waals surface area contributed by atoms with Crippen molar-refractivity contribution in [2.75, 3.05) is 0 Å². The Balaban J connectivity index is 0.00000121. The van der Waals surface area contributed by atoms with Gasteiger partial charge in [-0.15, -0.1) is 0 Å². The molecule has 2 heteroatoms. The van der Waals surface area contributed by atoms with Crippen molar-refractivity contribution in [2.45, 2.75) is 41.0 Å². The Morgan fingerprint density at radius 3 is 2.35 bits per heavy atom. The number of carbonyl (C=O) groups excluding carboxylic acids is 1. The molecule has 0 atom stereocenters. The molecule has 1 rings (SSSR count). The topological polar surface area (TPSA) is 43.1 Å². The predicted octanol–water partition coefficient (Wildman–Crippen LogP) is 3.72. The van der Waals surface area contributed by atoms with Crippen LogP contribution in [0.5, 0.6) is 0 Å². The zero-order chi connectivity index (χ0) is 13.4. The molecule has 1 amide bonds. The van der Waals surface area contributed by atoms with Crippen LogP contribution in [-0.2, 0) is 6.42 Å². The summed E-state index contributed by atoms with van der Waals surface area (Å²) in [6.07, 6.45) is 4.78. The first-order valence-corrected chi connectivity index (χ1v) is 6.16. The largest absolute Gasteiger partial charge is 0.366 e. The molecule has 0 heterocycles. The SMILES string of the molecule is C/C=C\c1c(CC)ccc(C)c1C(N)=O.CC. The Labute approximate surface area is 105 Å². The van der Waals surface area contributed by atoms with Crippen molar-refractivity contribution < 1.29 is 4.79 Å². The summed E-state index contributed by atoms with van der Waals surface area (Å²) in [5, 5.41) is 0. The lowest BCUT2D eigenvalue weighted by atomic mass is 9.94. The van der Waals surface area contributed by atoms with Crippen LogP contribution in [-0.4, -0.2) is 5.91 Å². The molecule has 0 aliphatic heterocycles. The molecule has 2 N–H and O–H groups in total. The zero-order valence-electron chi connectivity index (χ0n) is 11.5. The van der Waals surface area contributed by atoms with Crippen LogP contribution in [0.4, 0.5) is 0 Å². The lowest BCUT2D eigenvalue weighted by Gasteiger charge is -2.11. The molecule has 0 aliphatic carbocycles. The zero-order valence-corrected chi connectivity index (χ0v) is 11.5. The number of allylic oxidation sites excluding steroid dienone is 1. The molecule has 0 unspecified atom stereocenters. The number of hydrogen-bond acceptors (Lipinski definition) is 1. The van der Waals surface area contributed by atoms with E-state index in [9.17, 15) is 4.79 Å². The van der Waals surface area contributed by atoms with E-state index >= 15 is 0 Å². The second-order valence-electron chi connectivity index (χ2n) is 3.55. The van der Waals surface area contributed by atoms with Gasteiger partial charge in [-0.2, -0.15) is 0 Å². The average Bonchev–Trinajstić information content (AvgIpc) is 2.32. The van der Waals surface area contributed by atoms with Gasteiger partial charge in [-0.25, -0.2) is 0 Å². The lowest BCUT2D eigenvalue weighted by Crippen LogP contribution is -2.15. The fourth-order valence-corrected chi connectivity index (χ4v) is 1.76. The van der Waals surface area contributed by atoms with Crippen molar-refractivity contribution in [2.24, 2.45) is 5.73 Å². The second kappa shape index (κ2) is 7.66. The summed E-state index contributed by atoms with van der Waals surface area (Å²) in [6.45, 7) is 9.92. The Morgan fingerprint density at radius 1 is 1.35 bits per heavy atom. The smallest absolute Gasteiger partial charge is 0.249 e. The van der Waals surface area contributed by atoms with Gasteiger partial charge < -0.3 is 5.73 Å². The summed E-state index contributed by atoms with van der Waals surface area (Å²) in [6, 6.07) is 4.00. The predicted molar refractivity (Wildman–Crippen MR) is 75.1 cm³/mol. The molecule has 0 spiro atoms. The molecule has 0 radical (unpaired) electrons. The number of carbonyl (C=O) groups is 1. The minimum absolute atomic E-state index is 0.351. The maximum Gasteiger partial charge on any atom is 0.249 e. The highest BCUT2D eigenvalue weighted by Crippen LogP contribution is 2.21. The van der Waals surface area contributed by atoms with Crippen molar-refractivity contribution >= 4 is 12.0 Å². The maximum absolute atomic E-state index is 11.4. The van der Waals surface area contributed by atoms with Gasteiger partial charge in [-0.3, -0.25) is 4.79 Å². The van der Waals surface area contributed by atoms with Crippen molar-refractivity contribution in [3.05, 3.63) is 40.5 Å². The number of benzene rings is 1. The highest BCUT2D eigenvalue weighted by Gasteiger charge is 2.12. The normalized spacial score (nSPS) is 9.94. The minimum Gasteiger partial charge on any atom is -0.366 e. The fraction of sp³-hybridized carbons (Fsp3) is 0.400. The molecule has 0 bridgehead atoms. The summed E-state index contributed by atoms with van der Waals surface area (Å²) >= 11 is 0. The quantitative estimate of drug-likeness (QED) is 0.849. The van der Waals surface area contributed by atoms with E-state index in [0.29, 0.717) is 5.56 Å². The highest BCUT2D eigenvalue weighted by molar-refractivity contribution is 5.98. The lowest BCUT2D eigenvalue weighted by molar-refractivity contribution is 0.0999. The van der Waals surface area contributed by atoms with Crippen LogP contribution in [0.3, 0.4) is 0 Å². The van der Waals surface area contributed by atoms with Crippen LogP contribution in [0.25, 0.3) is 6.08 Å². The summed E-state index contributed by atoms with van der Waals surface area (Å²) in [7, 11) is 0. The minimum atomic E-state index is -0.351. The summed E-state index contributed by atoms with van der Waals surface area (Å²) < 4.78 is 0. The van der Waals surface area contributed by atoms with E-state index in [1.807, 2.05) is 45.9 Å². The standard InChI is InChI=1S/C13H17NO.C2H6/c1-4-6-11-10(5-2)8-7-9(3)12(11)13(14)15;1-2/h4,6-8H,5H2,1-3H3,(H2,14,15);1-2H3/b6-4-;. The van der Waals surface area contributed by atoms with E-state index in [-0.39, 0.29) is 5.91 Å². The van der Waals surface area contributed by atoms with Crippen molar-refractivity contribution in [3.63, 3.8) is 0 Å². The van der Waals surface area contributed by atoms with Gasteiger partial charge in [0.15, 0.2) is 0 Å². The monoisotopic (exact) mass is 233 g/mol. The third-order valence-electron chi connectivity index (χ3n) is 2.50. The number of aryl methyl sites for hydroxylation is 2. The first kappa shape index (κ1) is 15.4. The molecule has 17 heavy (non-hydrogen) atoms. The third kappa shape index (κ3) is 3.74. The molecule has 0 fully saturated rings. The molecule has 94 valence electrons. The van der Waals surface area contributed by atoms with Crippen LogP contribution in [0.2, 0.25) is 0 Å².